The summed E-state index contributed by atoms with van der Waals surface area (Å²) in [5.74, 6) is 0.556. The highest BCUT2D eigenvalue weighted by atomic mass is 33.1. The molecule has 4 heteroatoms. The number of rotatable bonds is 2. The fourth-order valence-electron chi connectivity index (χ4n) is 0.184. The SMILES string of the molecule is CN(C)C(=O)CSS. The minimum absolute atomic E-state index is 0.102. The van der Waals surface area contributed by atoms with Crippen LogP contribution in [0.1, 0.15) is 0 Å². The van der Waals surface area contributed by atoms with E-state index in [9.17, 15) is 4.79 Å². The zero-order chi connectivity index (χ0) is 6.57. The molecule has 0 aliphatic carbocycles. The second-order valence-electron chi connectivity index (χ2n) is 1.56. The third-order valence-electron chi connectivity index (χ3n) is 0.687. The summed E-state index contributed by atoms with van der Waals surface area (Å²) in [5, 5.41) is 0. The lowest BCUT2D eigenvalue weighted by atomic mass is 10.6. The number of carbonyl (C=O) groups is 1. The van der Waals surface area contributed by atoms with Crippen LogP contribution < -0.4 is 0 Å². The fourth-order valence-corrected chi connectivity index (χ4v) is 0.884. The number of hydrogen-bond donors (Lipinski definition) is 1. The van der Waals surface area contributed by atoms with Crippen LogP contribution >= 0.6 is 22.5 Å². The predicted molar refractivity (Wildman–Crippen MR) is 40.1 cm³/mol. The summed E-state index contributed by atoms with van der Waals surface area (Å²) in [6, 6.07) is 0. The van der Waals surface area contributed by atoms with Gasteiger partial charge in [-0.05, 0) is 0 Å². The molecule has 0 aromatic rings. The maximum atomic E-state index is 10.6. The van der Waals surface area contributed by atoms with Crippen LogP contribution in [0.3, 0.4) is 0 Å². The van der Waals surface area contributed by atoms with Crippen LogP contribution in [-0.4, -0.2) is 30.7 Å². The molecule has 0 aliphatic rings. The Labute approximate surface area is 58.4 Å². The summed E-state index contributed by atoms with van der Waals surface area (Å²) in [6.07, 6.45) is 0. The topological polar surface area (TPSA) is 20.3 Å². The third-order valence-corrected chi connectivity index (χ3v) is 1.45. The van der Waals surface area contributed by atoms with E-state index in [0.717, 1.165) is 0 Å². The van der Waals surface area contributed by atoms with Gasteiger partial charge in [0.1, 0.15) is 0 Å². The van der Waals surface area contributed by atoms with Crippen LogP contribution in [0.25, 0.3) is 0 Å². The summed E-state index contributed by atoms with van der Waals surface area (Å²) >= 11 is 3.82. The Morgan fingerprint density at radius 1 is 1.75 bits per heavy atom. The third kappa shape index (κ3) is 3.21. The summed E-state index contributed by atoms with van der Waals surface area (Å²) in [7, 11) is 4.70. The molecule has 0 fully saturated rings. The Balaban J connectivity index is 3.33. The average molecular weight is 151 g/mol. The highest BCUT2D eigenvalue weighted by molar-refractivity contribution is 8.68. The number of amides is 1. The second kappa shape index (κ2) is 4.09. The molecule has 8 heavy (non-hydrogen) atoms. The van der Waals surface area contributed by atoms with Gasteiger partial charge in [-0.15, -0.1) is 11.7 Å². The maximum Gasteiger partial charge on any atom is 0.232 e. The first-order valence-corrected chi connectivity index (χ1v) is 4.18. The number of nitrogens with zero attached hydrogens (tertiary/aromatic N) is 1. The van der Waals surface area contributed by atoms with E-state index in [1.54, 1.807) is 19.0 Å². The maximum absolute atomic E-state index is 10.6. The molecule has 0 saturated carbocycles. The Bertz CT molecular complexity index is 84.1. The van der Waals surface area contributed by atoms with Crippen molar-refractivity contribution in [3.05, 3.63) is 0 Å². The van der Waals surface area contributed by atoms with Gasteiger partial charge in [0.15, 0.2) is 0 Å². The monoisotopic (exact) mass is 151 g/mol. The minimum atomic E-state index is 0.102. The molecule has 2 nitrogen and oxygen atoms in total. The van der Waals surface area contributed by atoms with Gasteiger partial charge in [0.05, 0.1) is 5.75 Å². The highest BCUT2D eigenvalue weighted by Crippen LogP contribution is 2.03. The van der Waals surface area contributed by atoms with Crippen molar-refractivity contribution in [2.45, 2.75) is 0 Å². The van der Waals surface area contributed by atoms with Crippen molar-refractivity contribution in [1.82, 2.24) is 4.90 Å². The van der Waals surface area contributed by atoms with Gasteiger partial charge >= 0.3 is 0 Å². The molecule has 0 aromatic heterocycles. The molecule has 0 saturated heterocycles. The smallest absolute Gasteiger partial charge is 0.232 e. The Morgan fingerprint density at radius 2 is 2.25 bits per heavy atom. The van der Waals surface area contributed by atoms with E-state index in [1.807, 2.05) is 0 Å². The molecule has 0 atom stereocenters. The minimum Gasteiger partial charge on any atom is -0.348 e. The molecule has 0 aromatic carbocycles. The van der Waals surface area contributed by atoms with Gasteiger partial charge in [0.25, 0.3) is 0 Å². The van der Waals surface area contributed by atoms with Crippen LogP contribution in [0.15, 0.2) is 0 Å². The number of hydrogen-bond acceptors (Lipinski definition) is 3. The quantitative estimate of drug-likeness (QED) is 0.462. The van der Waals surface area contributed by atoms with Gasteiger partial charge in [-0.1, -0.05) is 10.8 Å². The van der Waals surface area contributed by atoms with E-state index in [4.69, 9.17) is 0 Å². The predicted octanol–water partition coefficient (Wildman–Crippen LogP) is 0.653. The van der Waals surface area contributed by atoms with Crippen LogP contribution in [-0.2, 0) is 4.79 Å². The van der Waals surface area contributed by atoms with Gasteiger partial charge in [-0.2, -0.15) is 0 Å². The summed E-state index contributed by atoms with van der Waals surface area (Å²) in [5.41, 5.74) is 0. The van der Waals surface area contributed by atoms with E-state index in [0.29, 0.717) is 5.75 Å². The van der Waals surface area contributed by atoms with Crippen molar-refractivity contribution in [3.8, 4) is 0 Å². The van der Waals surface area contributed by atoms with Gasteiger partial charge in [-0.3, -0.25) is 4.79 Å². The van der Waals surface area contributed by atoms with E-state index >= 15 is 0 Å². The second-order valence-corrected chi connectivity index (χ2v) is 2.88. The van der Waals surface area contributed by atoms with E-state index in [1.165, 1.54) is 10.8 Å². The molecular weight excluding hydrogens is 142 g/mol. The zero-order valence-corrected chi connectivity index (χ0v) is 6.63. The first-order chi connectivity index (χ1) is 3.68. The van der Waals surface area contributed by atoms with Crippen molar-refractivity contribution >= 4 is 28.4 Å². The lowest BCUT2D eigenvalue weighted by molar-refractivity contribution is -0.125. The molecule has 0 spiro atoms. The molecule has 1 amide bonds. The van der Waals surface area contributed by atoms with Gasteiger partial charge in [-0.25, -0.2) is 0 Å². The Kier molecular flexibility index (Phi) is 4.18. The van der Waals surface area contributed by atoms with Crippen LogP contribution in [0.4, 0.5) is 0 Å². The largest absolute Gasteiger partial charge is 0.348 e. The lowest BCUT2D eigenvalue weighted by Crippen LogP contribution is -2.22. The Morgan fingerprint density at radius 3 is 2.38 bits per heavy atom. The van der Waals surface area contributed by atoms with E-state index in [2.05, 4.69) is 11.7 Å². The first-order valence-electron chi connectivity index (χ1n) is 2.15. The number of carbonyl (C=O) groups excluding carboxylic acids is 1. The van der Waals surface area contributed by atoms with Crippen molar-refractivity contribution in [3.63, 3.8) is 0 Å². The average Bonchev–Trinajstić information content (AvgIpc) is 1.67. The number of thiol groups is 1. The molecule has 0 N–H and O–H groups in total. The highest BCUT2D eigenvalue weighted by Gasteiger charge is 1.99. The van der Waals surface area contributed by atoms with Crippen molar-refractivity contribution < 1.29 is 4.79 Å². The Hall–Kier alpha value is 0.170. The molecule has 0 heterocycles. The van der Waals surface area contributed by atoms with Gasteiger partial charge in [0, 0.05) is 14.1 Å². The molecule has 0 aliphatic heterocycles. The summed E-state index contributed by atoms with van der Waals surface area (Å²) < 4.78 is 0. The lowest BCUT2D eigenvalue weighted by Gasteiger charge is -2.06. The molecule has 48 valence electrons. The summed E-state index contributed by atoms with van der Waals surface area (Å²) in [6.45, 7) is 0. The van der Waals surface area contributed by atoms with Crippen LogP contribution in [0.2, 0.25) is 0 Å². The van der Waals surface area contributed by atoms with Crippen molar-refractivity contribution in [2.24, 2.45) is 0 Å². The van der Waals surface area contributed by atoms with Gasteiger partial charge in [0.2, 0.25) is 5.91 Å². The van der Waals surface area contributed by atoms with Crippen molar-refractivity contribution in [1.29, 1.82) is 0 Å². The van der Waals surface area contributed by atoms with Crippen LogP contribution in [0.5, 0.6) is 0 Å². The molecule has 0 radical (unpaired) electrons. The first kappa shape index (κ1) is 8.17. The zero-order valence-electron chi connectivity index (χ0n) is 4.92. The van der Waals surface area contributed by atoms with E-state index in [-0.39, 0.29) is 5.91 Å². The molecular formula is C4H9NOS2. The van der Waals surface area contributed by atoms with Crippen molar-refractivity contribution in [2.75, 3.05) is 19.8 Å². The fraction of sp³-hybridized carbons (Fsp3) is 0.750. The van der Waals surface area contributed by atoms with Gasteiger partial charge < -0.3 is 4.90 Å². The van der Waals surface area contributed by atoms with Crippen LogP contribution in [0, 0.1) is 0 Å². The molecule has 0 rings (SSSR count). The standard InChI is InChI=1S/C4H9NOS2/c1-5(2)4(6)3-8-7/h7H,3H2,1-2H3. The summed E-state index contributed by atoms with van der Waals surface area (Å²) in [4.78, 5) is 12.1. The normalized spacial score (nSPS) is 8.88. The molecule has 0 unspecified atom stereocenters. The molecule has 0 bridgehead atoms. The van der Waals surface area contributed by atoms with E-state index < -0.39 is 0 Å².